The molecule has 0 bridgehead atoms. The van der Waals surface area contributed by atoms with E-state index >= 15 is 0 Å². The molecule has 0 aliphatic rings. The van der Waals surface area contributed by atoms with Crippen LogP contribution >= 0.6 is 0 Å². The minimum absolute atomic E-state index is 0.246. The van der Waals surface area contributed by atoms with Gasteiger partial charge in [0.05, 0.1) is 29.0 Å². The molecular weight excluding hydrogens is 264 g/mol. The quantitative estimate of drug-likeness (QED) is 0.791. The third kappa shape index (κ3) is 2.75. The number of hydrogen-bond donors (Lipinski definition) is 1. The van der Waals surface area contributed by atoms with Crippen LogP contribution in [-0.4, -0.2) is 24.7 Å². The topological polar surface area (TPSA) is 82.5 Å². The van der Waals surface area contributed by atoms with Gasteiger partial charge in [0.15, 0.2) is 0 Å². The van der Waals surface area contributed by atoms with E-state index in [4.69, 9.17) is 5.73 Å². The van der Waals surface area contributed by atoms with Gasteiger partial charge in [-0.1, -0.05) is 12.1 Å². The van der Waals surface area contributed by atoms with E-state index in [-0.39, 0.29) is 12.1 Å². The van der Waals surface area contributed by atoms with Crippen molar-refractivity contribution in [2.45, 2.75) is 32.4 Å². The van der Waals surface area contributed by atoms with E-state index in [9.17, 15) is 0 Å². The molecule has 0 aliphatic carbocycles. The second-order valence-corrected chi connectivity index (χ2v) is 5.31. The Balaban J connectivity index is 1.86. The fraction of sp³-hybridized carbons (Fsp3) is 0.333. The van der Waals surface area contributed by atoms with Gasteiger partial charge in [0, 0.05) is 12.5 Å². The van der Waals surface area contributed by atoms with Crippen molar-refractivity contribution >= 4 is 11.0 Å². The normalized spacial score (nSPS) is 13.0. The van der Waals surface area contributed by atoms with Crippen LogP contribution < -0.4 is 5.73 Å². The summed E-state index contributed by atoms with van der Waals surface area (Å²) < 4.78 is 1.88. The summed E-state index contributed by atoms with van der Waals surface area (Å²) in [6.45, 7) is 4.14. The van der Waals surface area contributed by atoms with E-state index < -0.39 is 0 Å². The first-order valence-corrected chi connectivity index (χ1v) is 7.01. The van der Waals surface area contributed by atoms with Gasteiger partial charge in [-0.05, 0) is 26.0 Å². The van der Waals surface area contributed by atoms with Crippen LogP contribution in [0.3, 0.4) is 0 Å². The van der Waals surface area contributed by atoms with Crippen molar-refractivity contribution in [2.75, 3.05) is 0 Å². The Hall–Kier alpha value is -2.34. The molecule has 0 spiro atoms. The lowest BCUT2D eigenvalue weighted by molar-refractivity contribution is 0.491. The molecule has 2 aromatic heterocycles. The Morgan fingerprint density at radius 3 is 2.67 bits per heavy atom. The molecule has 0 fully saturated rings. The molecule has 0 saturated carbocycles. The summed E-state index contributed by atoms with van der Waals surface area (Å²) in [4.78, 5) is 13.3. The van der Waals surface area contributed by atoms with Gasteiger partial charge in [-0.2, -0.15) is 5.10 Å². The molecule has 21 heavy (non-hydrogen) atoms. The number of nitrogens with zero attached hydrogens (tertiary/aromatic N) is 5. The van der Waals surface area contributed by atoms with E-state index in [1.165, 1.54) is 0 Å². The van der Waals surface area contributed by atoms with Gasteiger partial charge < -0.3 is 5.73 Å². The van der Waals surface area contributed by atoms with Gasteiger partial charge in [0.1, 0.15) is 12.2 Å². The van der Waals surface area contributed by atoms with Crippen LogP contribution in [-0.2, 0) is 6.42 Å². The van der Waals surface area contributed by atoms with Crippen LogP contribution in [0.25, 0.3) is 11.0 Å². The Morgan fingerprint density at radius 1 is 1.14 bits per heavy atom. The van der Waals surface area contributed by atoms with Gasteiger partial charge in [-0.25, -0.2) is 14.6 Å². The monoisotopic (exact) mass is 282 g/mol. The zero-order chi connectivity index (χ0) is 14.8. The van der Waals surface area contributed by atoms with Gasteiger partial charge in [-0.15, -0.1) is 0 Å². The molecule has 6 nitrogen and oxygen atoms in total. The lowest BCUT2D eigenvalue weighted by Gasteiger charge is -2.13. The summed E-state index contributed by atoms with van der Waals surface area (Å²) in [5.41, 5.74) is 8.76. The van der Waals surface area contributed by atoms with E-state index in [1.54, 1.807) is 12.5 Å². The molecule has 2 N–H and O–H groups in total. The van der Waals surface area contributed by atoms with Crippen molar-refractivity contribution in [2.24, 2.45) is 5.73 Å². The average molecular weight is 282 g/mol. The second kappa shape index (κ2) is 5.57. The van der Waals surface area contributed by atoms with E-state index in [0.29, 0.717) is 6.42 Å². The fourth-order valence-electron chi connectivity index (χ4n) is 2.30. The molecule has 6 heteroatoms. The summed E-state index contributed by atoms with van der Waals surface area (Å²) in [7, 11) is 0. The predicted molar refractivity (Wildman–Crippen MR) is 80.6 cm³/mol. The maximum Gasteiger partial charge on any atom is 0.138 e. The highest BCUT2D eigenvalue weighted by atomic mass is 15.3. The van der Waals surface area contributed by atoms with Crippen molar-refractivity contribution in [1.29, 1.82) is 0 Å². The van der Waals surface area contributed by atoms with Crippen molar-refractivity contribution in [3.63, 3.8) is 0 Å². The molecule has 1 atom stereocenters. The first-order chi connectivity index (χ1) is 10.1. The molecule has 3 aromatic rings. The standard InChI is InChI=1S/C15H18N6/c1-10(2)21-15(18-9-19-21)7-11(16)14-8-17-12-5-3-4-6-13(12)20-14/h3-6,8-11H,7,16H2,1-2H3. The predicted octanol–water partition coefficient (Wildman–Crippen LogP) is 2.04. The smallest absolute Gasteiger partial charge is 0.138 e. The van der Waals surface area contributed by atoms with Gasteiger partial charge in [-0.3, -0.25) is 4.98 Å². The average Bonchev–Trinajstić information content (AvgIpc) is 2.95. The highest BCUT2D eigenvalue weighted by molar-refractivity contribution is 5.73. The molecular formula is C15H18N6. The van der Waals surface area contributed by atoms with Gasteiger partial charge in [0.25, 0.3) is 0 Å². The van der Waals surface area contributed by atoms with Crippen molar-refractivity contribution in [1.82, 2.24) is 24.7 Å². The third-order valence-corrected chi connectivity index (χ3v) is 3.39. The molecule has 0 radical (unpaired) electrons. The zero-order valence-corrected chi connectivity index (χ0v) is 12.1. The number of aromatic nitrogens is 5. The summed E-state index contributed by atoms with van der Waals surface area (Å²) >= 11 is 0. The second-order valence-electron chi connectivity index (χ2n) is 5.31. The molecule has 0 amide bonds. The number of para-hydroxylation sites is 2. The lowest BCUT2D eigenvalue weighted by atomic mass is 10.1. The molecule has 1 unspecified atom stereocenters. The van der Waals surface area contributed by atoms with Crippen LogP contribution in [0.1, 0.15) is 37.4 Å². The fourth-order valence-corrected chi connectivity index (χ4v) is 2.30. The zero-order valence-electron chi connectivity index (χ0n) is 12.1. The number of benzene rings is 1. The highest BCUT2D eigenvalue weighted by Crippen LogP contribution is 2.17. The lowest BCUT2D eigenvalue weighted by Crippen LogP contribution is -2.19. The van der Waals surface area contributed by atoms with E-state index in [0.717, 1.165) is 22.6 Å². The third-order valence-electron chi connectivity index (χ3n) is 3.39. The van der Waals surface area contributed by atoms with E-state index in [1.807, 2.05) is 28.9 Å². The highest BCUT2D eigenvalue weighted by Gasteiger charge is 2.15. The SMILES string of the molecule is CC(C)n1ncnc1CC(N)c1cnc2ccccc2n1. The van der Waals surface area contributed by atoms with Crippen molar-refractivity contribution < 1.29 is 0 Å². The van der Waals surface area contributed by atoms with Gasteiger partial charge in [0.2, 0.25) is 0 Å². The number of nitrogens with two attached hydrogens (primary N) is 1. The number of hydrogen-bond acceptors (Lipinski definition) is 5. The summed E-state index contributed by atoms with van der Waals surface area (Å²) in [6, 6.07) is 7.78. The van der Waals surface area contributed by atoms with Crippen LogP contribution in [0, 0.1) is 0 Å². The molecule has 3 rings (SSSR count). The maximum absolute atomic E-state index is 6.26. The summed E-state index contributed by atoms with van der Waals surface area (Å²) in [5, 5.41) is 4.23. The largest absolute Gasteiger partial charge is 0.322 e. The van der Waals surface area contributed by atoms with Gasteiger partial charge >= 0.3 is 0 Å². The molecule has 108 valence electrons. The Bertz CT molecular complexity index is 749. The van der Waals surface area contributed by atoms with Crippen LogP contribution in [0.5, 0.6) is 0 Å². The Labute approximate surface area is 123 Å². The minimum Gasteiger partial charge on any atom is -0.322 e. The van der Waals surface area contributed by atoms with Crippen LogP contribution in [0.4, 0.5) is 0 Å². The number of rotatable bonds is 4. The van der Waals surface area contributed by atoms with Crippen molar-refractivity contribution in [3.05, 3.63) is 48.3 Å². The molecule has 0 aliphatic heterocycles. The van der Waals surface area contributed by atoms with Crippen LogP contribution in [0.15, 0.2) is 36.8 Å². The number of fused-ring (bicyclic) bond motifs is 1. The summed E-state index contributed by atoms with van der Waals surface area (Å²) in [6.07, 6.45) is 3.89. The van der Waals surface area contributed by atoms with Crippen molar-refractivity contribution in [3.8, 4) is 0 Å². The van der Waals surface area contributed by atoms with E-state index in [2.05, 4.69) is 33.9 Å². The maximum atomic E-state index is 6.26. The first kappa shape index (κ1) is 13.6. The minimum atomic E-state index is -0.246. The summed E-state index contributed by atoms with van der Waals surface area (Å²) in [5.74, 6) is 0.868. The molecule has 1 aromatic carbocycles. The Kier molecular flexibility index (Phi) is 3.62. The first-order valence-electron chi connectivity index (χ1n) is 7.01. The molecule has 0 saturated heterocycles. The Morgan fingerprint density at radius 2 is 1.90 bits per heavy atom. The molecule has 2 heterocycles. The van der Waals surface area contributed by atoms with Crippen LogP contribution in [0.2, 0.25) is 0 Å².